The lowest BCUT2D eigenvalue weighted by Gasteiger charge is -2.40. The molecule has 0 spiro atoms. The molecule has 4 heteroatoms. The molecule has 3 nitrogen and oxygen atoms in total. The Morgan fingerprint density at radius 1 is 1.40 bits per heavy atom. The van der Waals surface area contributed by atoms with E-state index in [1.807, 2.05) is 0 Å². The summed E-state index contributed by atoms with van der Waals surface area (Å²) in [6, 6.07) is 2.73. The lowest BCUT2D eigenvalue weighted by Crippen LogP contribution is -2.49. The van der Waals surface area contributed by atoms with Gasteiger partial charge in [-0.1, -0.05) is 6.92 Å². The van der Waals surface area contributed by atoms with E-state index in [9.17, 15) is 0 Å². The summed E-state index contributed by atoms with van der Waals surface area (Å²) in [7, 11) is 0. The van der Waals surface area contributed by atoms with Gasteiger partial charge in [-0.15, -0.1) is 11.3 Å². The molecule has 1 aromatic rings. The lowest BCUT2D eigenvalue weighted by atomic mass is 9.96. The predicted molar refractivity (Wildman–Crippen MR) is 85.2 cm³/mol. The van der Waals surface area contributed by atoms with Crippen LogP contribution in [0.4, 0.5) is 0 Å². The minimum absolute atomic E-state index is 0.461. The van der Waals surface area contributed by atoms with E-state index >= 15 is 0 Å². The van der Waals surface area contributed by atoms with Gasteiger partial charge in [0.15, 0.2) is 0 Å². The average molecular weight is 293 g/mol. The van der Waals surface area contributed by atoms with Gasteiger partial charge in [0.2, 0.25) is 0 Å². The summed E-state index contributed by atoms with van der Waals surface area (Å²) in [5, 5.41) is 7.20. The second-order valence-corrected chi connectivity index (χ2v) is 7.53. The molecule has 2 aliphatic heterocycles. The van der Waals surface area contributed by atoms with Crippen molar-refractivity contribution in [3.63, 3.8) is 0 Å². The highest BCUT2D eigenvalue weighted by Crippen LogP contribution is 2.34. The molecule has 0 saturated carbocycles. The molecular formula is C16H27N3S. The van der Waals surface area contributed by atoms with Crippen LogP contribution in [0.1, 0.15) is 62.7 Å². The maximum atomic E-state index is 4.72. The Bertz CT molecular complexity index is 433. The Hall–Kier alpha value is -0.450. The monoisotopic (exact) mass is 293 g/mol. The van der Waals surface area contributed by atoms with Gasteiger partial charge in [-0.3, -0.25) is 4.90 Å². The minimum atomic E-state index is 0.461. The molecule has 3 unspecified atom stereocenters. The van der Waals surface area contributed by atoms with Crippen molar-refractivity contribution in [2.75, 3.05) is 6.54 Å². The van der Waals surface area contributed by atoms with Crippen molar-refractivity contribution in [3.05, 3.63) is 16.1 Å². The maximum absolute atomic E-state index is 4.72. The van der Waals surface area contributed by atoms with Gasteiger partial charge in [-0.05, 0) is 52.5 Å². The summed E-state index contributed by atoms with van der Waals surface area (Å²) in [5.41, 5.74) is 1.27. The van der Waals surface area contributed by atoms with Crippen molar-refractivity contribution in [3.8, 4) is 0 Å². The first-order chi connectivity index (χ1) is 9.67. The minimum Gasteiger partial charge on any atom is -0.311 e. The number of rotatable bonds is 5. The van der Waals surface area contributed by atoms with Gasteiger partial charge in [-0.2, -0.15) is 0 Å². The summed E-state index contributed by atoms with van der Waals surface area (Å²) in [5.74, 6) is 0. The highest BCUT2D eigenvalue weighted by atomic mass is 32.1. The second-order valence-electron chi connectivity index (χ2n) is 6.47. The third-order valence-electron chi connectivity index (χ3n) is 4.96. The third kappa shape index (κ3) is 2.92. The zero-order valence-electron chi connectivity index (χ0n) is 12.9. The average Bonchev–Trinajstić information content (AvgIpc) is 3.01. The number of hydrogen-bond acceptors (Lipinski definition) is 4. The van der Waals surface area contributed by atoms with Gasteiger partial charge in [0.05, 0.1) is 16.7 Å². The van der Waals surface area contributed by atoms with Crippen LogP contribution in [0.2, 0.25) is 0 Å². The Balaban J connectivity index is 1.74. The number of aromatic nitrogens is 1. The number of fused-ring (bicyclic) bond motifs is 2. The van der Waals surface area contributed by atoms with Crippen LogP contribution in [-0.2, 0) is 0 Å². The fraction of sp³-hybridized carbons (Fsp3) is 0.812. The number of nitrogens with one attached hydrogen (secondary N) is 1. The fourth-order valence-electron chi connectivity index (χ4n) is 3.99. The molecule has 2 saturated heterocycles. The van der Waals surface area contributed by atoms with Crippen molar-refractivity contribution in [1.82, 2.24) is 15.2 Å². The SMILES string of the molecule is CCCN(C1CC2CCC(C1)N2)C(C)c1csc(C)n1. The summed E-state index contributed by atoms with van der Waals surface area (Å²) in [6.45, 7) is 7.94. The summed E-state index contributed by atoms with van der Waals surface area (Å²) in [6.07, 6.45) is 6.64. The van der Waals surface area contributed by atoms with Gasteiger partial charge < -0.3 is 5.32 Å². The first-order valence-corrected chi connectivity index (χ1v) is 8.99. The standard InChI is InChI=1S/C16H27N3S/c1-4-7-19(11(2)16-10-20-12(3)17-16)15-8-13-5-6-14(9-15)18-13/h10-11,13-15,18H,4-9H2,1-3H3. The van der Waals surface area contributed by atoms with Crippen LogP contribution in [0, 0.1) is 6.92 Å². The largest absolute Gasteiger partial charge is 0.311 e. The molecule has 2 fully saturated rings. The van der Waals surface area contributed by atoms with Crippen LogP contribution in [-0.4, -0.2) is 34.6 Å². The normalized spacial score (nSPS) is 30.9. The molecule has 3 atom stereocenters. The van der Waals surface area contributed by atoms with Gasteiger partial charge in [-0.25, -0.2) is 4.98 Å². The summed E-state index contributed by atoms with van der Waals surface area (Å²) in [4.78, 5) is 7.45. The molecule has 112 valence electrons. The summed E-state index contributed by atoms with van der Waals surface area (Å²) >= 11 is 1.78. The molecule has 1 N–H and O–H groups in total. The molecule has 0 radical (unpaired) electrons. The molecule has 1 aromatic heterocycles. The number of hydrogen-bond donors (Lipinski definition) is 1. The highest BCUT2D eigenvalue weighted by molar-refractivity contribution is 7.09. The van der Waals surface area contributed by atoms with Crippen molar-refractivity contribution in [1.29, 1.82) is 0 Å². The number of nitrogens with zero attached hydrogens (tertiary/aromatic N) is 2. The Labute approximate surface area is 126 Å². The lowest BCUT2D eigenvalue weighted by molar-refractivity contribution is 0.0994. The Kier molecular flexibility index (Phi) is 4.43. The number of thiazole rings is 1. The third-order valence-corrected chi connectivity index (χ3v) is 5.75. The molecule has 0 aliphatic carbocycles. The molecule has 3 rings (SSSR count). The predicted octanol–water partition coefficient (Wildman–Crippen LogP) is 3.51. The van der Waals surface area contributed by atoms with Crippen LogP contribution in [0.3, 0.4) is 0 Å². The molecule has 0 aromatic carbocycles. The smallest absolute Gasteiger partial charge is 0.0898 e. The van der Waals surface area contributed by atoms with Crippen LogP contribution in [0.15, 0.2) is 5.38 Å². The Morgan fingerprint density at radius 3 is 2.65 bits per heavy atom. The van der Waals surface area contributed by atoms with Crippen LogP contribution >= 0.6 is 11.3 Å². The first-order valence-electron chi connectivity index (χ1n) is 8.11. The van der Waals surface area contributed by atoms with E-state index in [1.54, 1.807) is 11.3 Å². The Morgan fingerprint density at radius 2 is 2.10 bits per heavy atom. The van der Waals surface area contributed by atoms with E-state index < -0.39 is 0 Å². The molecule has 2 aliphatic rings. The van der Waals surface area contributed by atoms with Crippen molar-refractivity contribution in [2.45, 2.75) is 77.0 Å². The molecular weight excluding hydrogens is 266 g/mol. The van der Waals surface area contributed by atoms with Gasteiger partial charge in [0, 0.05) is 23.5 Å². The highest BCUT2D eigenvalue weighted by Gasteiger charge is 2.37. The van der Waals surface area contributed by atoms with E-state index in [1.165, 1.54) is 49.4 Å². The number of aryl methyl sites for hydroxylation is 1. The van der Waals surface area contributed by atoms with E-state index in [0.29, 0.717) is 6.04 Å². The second kappa shape index (κ2) is 6.12. The van der Waals surface area contributed by atoms with E-state index in [2.05, 4.69) is 36.4 Å². The van der Waals surface area contributed by atoms with E-state index in [-0.39, 0.29) is 0 Å². The van der Waals surface area contributed by atoms with Gasteiger partial charge in [0.1, 0.15) is 0 Å². The maximum Gasteiger partial charge on any atom is 0.0898 e. The van der Waals surface area contributed by atoms with E-state index in [4.69, 9.17) is 4.98 Å². The zero-order chi connectivity index (χ0) is 14.1. The van der Waals surface area contributed by atoms with Crippen molar-refractivity contribution < 1.29 is 0 Å². The van der Waals surface area contributed by atoms with Crippen LogP contribution < -0.4 is 5.32 Å². The molecule has 2 bridgehead atoms. The quantitative estimate of drug-likeness (QED) is 0.900. The van der Waals surface area contributed by atoms with Crippen LogP contribution in [0.25, 0.3) is 0 Å². The first kappa shape index (κ1) is 14.5. The van der Waals surface area contributed by atoms with E-state index in [0.717, 1.165) is 18.1 Å². The van der Waals surface area contributed by atoms with Gasteiger partial charge in [0.25, 0.3) is 0 Å². The van der Waals surface area contributed by atoms with Crippen molar-refractivity contribution >= 4 is 11.3 Å². The zero-order valence-corrected chi connectivity index (χ0v) is 13.7. The van der Waals surface area contributed by atoms with Crippen LogP contribution in [0.5, 0.6) is 0 Å². The number of piperidine rings is 1. The molecule has 0 amide bonds. The molecule has 20 heavy (non-hydrogen) atoms. The topological polar surface area (TPSA) is 28.2 Å². The fourth-order valence-corrected chi connectivity index (χ4v) is 4.69. The van der Waals surface area contributed by atoms with Gasteiger partial charge >= 0.3 is 0 Å². The summed E-state index contributed by atoms with van der Waals surface area (Å²) < 4.78 is 0. The van der Waals surface area contributed by atoms with Crippen molar-refractivity contribution in [2.24, 2.45) is 0 Å². The molecule has 3 heterocycles.